The first kappa shape index (κ1) is 12.5. The van der Waals surface area contributed by atoms with Gasteiger partial charge in [-0.1, -0.05) is 6.07 Å². The molecule has 0 amide bonds. The number of pyridine rings is 1. The molecule has 100 valence electrons. The molecule has 0 saturated carbocycles. The standard InChI is InChI=1S/C16H16N4/c1-10-3-11(2)5-13(4-10)20-8-12-7-19-16(18)14(6-17)15(12)9-20/h3-5,7H,8-9H2,1-2H3,(H2,18,19). The van der Waals surface area contributed by atoms with Gasteiger partial charge in [0.1, 0.15) is 11.9 Å². The first-order valence-corrected chi connectivity index (χ1v) is 6.58. The summed E-state index contributed by atoms with van der Waals surface area (Å²) in [5.74, 6) is 0.327. The number of benzene rings is 1. The summed E-state index contributed by atoms with van der Waals surface area (Å²) in [6.07, 6.45) is 1.79. The molecule has 0 bridgehead atoms. The van der Waals surface area contributed by atoms with Crippen LogP contribution in [0, 0.1) is 25.2 Å². The molecule has 1 aromatic heterocycles. The molecule has 4 nitrogen and oxygen atoms in total. The summed E-state index contributed by atoms with van der Waals surface area (Å²) in [6.45, 7) is 5.69. The molecule has 0 fully saturated rings. The summed E-state index contributed by atoms with van der Waals surface area (Å²) >= 11 is 0. The van der Waals surface area contributed by atoms with Crippen LogP contribution >= 0.6 is 0 Å². The van der Waals surface area contributed by atoms with Gasteiger partial charge >= 0.3 is 0 Å². The van der Waals surface area contributed by atoms with Gasteiger partial charge < -0.3 is 10.6 Å². The maximum atomic E-state index is 9.24. The third kappa shape index (κ3) is 1.97. The molecule has 2 aromatic rings. The molecule has 20 heavy (non-hydrogen) atoms. The smallest absolute Gasteiger partial charge is 0.141 e. The van der Waals surface area contributed by atoms with E-state index in [-0.39, 0.29) is 0 Å². The SMILES string of the molecule is Cc1cc(C)cc(N2Cc3cnc(N)c(C#N)c3C2)c1. The van der Waals surface area contributed by atoms with Gasteiger partial charge in [-0.2, -0.15) is 5.26 Å². The lowest BCUT2D eigenvalue weighted by molar-refractivity contribution is 0.877. The second-order valence-corrected chi connectivity index (χ2v) is 5.34. The van der Waals surface area contributed by atoms with Crippen LogP contribution in [0.4, 0.5) is 11.5 Å². The highest BCUT2D eigenvalue weighted by Gasteiger charge is 2.24. The minimum atomic E-state index is 0.327. The second-order valence-electron chi connectivity index (χ2n) is 5.34. The number of fused-ring (bicyclic) bond motifs is 1. The molecule has 2 heterocycles. The number of rotatable bonds is 1. The Balaban J connectivity index is 2.00. The van der Waals surface area contributed by atoms with Crippen LogP contribution in [0.5, 0.6) is 0 Å². The molecule has 1 aliphatic rings. The third-order valence-corrected chi connectivity index (χ3v) is 3.70. The number of aromatic nitrogens is 1. The number of nitrogen functional groups attached to an aromatic ring is 1. The van der Waals surface area contributed by atoms with Gasteiger partial charge in [0.05, 0.1) is 5.56 Å². The van der Waals surface area contributed by atoms with Crippen LogP contribution < -0.4 is 10.6 Å². The molecular weight excluding hydrogens is 248 g/mol. The van der Waals surface area contributed by atoms with Gasteiger partial charge in [-0.3, -0.25) is 0 Å². The number of nitrogens with two attached hydrogens (primary N) is 1. The normalized spacial score (nSPS) is 13.2. The average Bonchev–Trinajstić information content (AvgIpc) is 2.81. The van der Waals surface area contributed by atoms with E-state index < -0.39 is 0 Å². The van der Waals surface area contributed by atoms with E-state index in [0.29, 0.717) is 17.9 Å². The van der Waals surface area contributed by atoms with E-state index in [1.54, 1.807) is 6.20 Å². The fourth-order valence-electron chi connectivity index (χ4n) is 2.81. The number of hydrogen-bond acceptors (Lipinski definition) is 4. The Labute approximate surface area is 118 Å². The van der Waals surface area contributed by atoms with Crippen molar-refractivity contribution >= 4 is 11.5 Å². The number of nitriles is 1. The largest absolute Gasteiger partial charge is 0.383 e. The second kappa shape index (κ2) is 4.53. The minimum absolute atomic E-state index is 0.327. The molecule has 3 rings (SSSR count). The van der Waals surface area contributed by atoms with Crippen molar-refractivity contribution < 1.29 is 0 Å². The molecule has 0 radical (unpaired) electrons. The van der Waals surface area contributed by atoms with Crippen molar-refractivity contribution in [2.45, 2.75) is 26.9 Å². The van der Waals surface area contributed by atoms with Gasteiger partial charge in [-0.15, -0.1) is 0 Å². The van der Waals surface area contributed by atoms with Crippen LogP contribution in [0.1, 0.15) is 27.8 Å². The summed E-state index contributed by atoms with van der Waals surface area (Å²) in [7, 11) is 0. The highest BCUT2D eigenvalue weighted by molar-refractivity contribution is 5.61. The highest BCUT2D eigenvalue weighted by atomic mass is 15.1. The maximum absolute atomic E-state index is 9.24. The van der Waals surface area contributed by atoms with Crippen LogP contribution in [0.25, 0.3) is 0 Å². The average molecular weight is 264 g/mol. The molecule has 0 spiro atoms. The van der Waals surface area contributed by atoms with E-state index in [1.807, 2.05) is 0 Å². The molecule has 0 aliphatic carbocycles. The van der Waals surface area contributed by atoms with E-state index in [2.05, 4.69) is 48.0 Å². The monoisotopic (exact) mass is 264 g/mol. The zero-order valence-electron chi connectivity index (χ0n) is 11.6. The summed E-state index contributed by atoms with van der Waals surface area (Å²) in [4.78, 5) is 6.37. The Hall–Kier alpha value is -2.54. The zero-order valence-corrected chi connectivity index (χ0v) is 11.6. The maximum Gasteiger partial charge on any atom is 0.141 e. The first-order chi connectivity index (χ1) is 9.58. The van der Waals surface area contributed by atoms with Crippen LogP contribution in [0.15, 0.2) is 24.4 Å². The van der Waals surface area contributed by atoms with E-state index in [4.69, 9.17) is 5.73 Å². The number of aryl methyl sites for hydroxylation is 2. The third-order valence-electron chi connectivity index (χ3n) is 3.70. The van der Waals surface area contributed by atoms with Crippen molar-refractivity contribution in [2.24, 2.45) is 0 Å². The number of nitrogens with zero attached hydrogens (tertiary/aromatic N) is 3. The lowest BCUT2D eigenvalue weighted by atomic mass is 10.1. The quantitative estimate of drug-likeness (QED) is 0.860. The molecule has 0 unspecified atom stereocenters. The summed E-state index contributed by atoms with van der Waals surface area (Å²) < 4.78 is 0. The van der Waals surface area contributed by atoms with Gasteiger partial charge in [0, 0.05) is 25.0 Å². The van der Waals surface area contributed by atoms with Gasteiger partial charge in [-0.25, -0.2) is 4.98 Å². The minimum Gasteiger partial charge on any atom is -0.383 e. The molecule has 1 aromatic carbocycles. The Morgan fingerprint density at radius 1 is 1.20 bits per heavy atom. The van der Waals surface area contributed by atoms with E-state index in [0.717, 1.165) is 17.7 Å². The highest BCUT2D eigenvalue weighted by Crippen LogP contribution is 2.32. The van der Waals surface area contributed by atoms with Crippen molar-refractivity contribution in [3.8, 4) is 6.07 Å². The van der Waals surface area contributed by atoms with Gasteiger partial charge in [-0.05, 0) is 48.2 Å². The van der Waals surface area contributed by atoms with Crippen LogP contribution in [0.2, 0.25) is 0 Å². The Kier molecular flexibility index (Phi) is 2.83. The lowest BCUT2D eigenvalue weighted by Gasteiger charge is -2.19. The first-order valence-electron chi connectivity index (χ1n) is 6.58. The van der Waals surface area contributed by atoms with Gasteiger partial charge in [0.15, 0.2) is 0 Å². The van der Waals surface area contributed by atoms with Gasteiger partial charge in [0.25, 0.3) is 0 Å². The van der Waals surface area contributed by atoms with Crippen molar-refractivity contribution in [1.29, 1.82) is 5.26 Å². The molecule has 1 aliphatic heterocycles. The summed E-state index contributed by atoms with van der Waals surface area (Å²) in [5, 5.41) is 9.24. The van der Waals surface area contributed by atoms with Crippen molar-refractivity contribution in [3.63, 3.8) is 0 Å². The van der Waals surface area contributed by atoms with E-state index >= 15 is 0 Å². The Morgan fingerprint density at radius 2 is 1.90 bits per heavy atom. The predicted molar refractivity (Wildman–Crippen MR) is 79.2 cm³/mol. The van der Waals surface area contributed by atoms with Crippen LogP contribution in [-0.4, -0.2) is 4.98 Å². The molecular formula is C16H16N4. The van der Waals surface area contributed by atoms with E-state index in [9.17, 15) is 5.26 Å². The van der Waals surface area contributed by atoms with E-state index in [1.165, 1.54) is 16.8 Å². The summed E-state index contributed by atoms with van der Waals surface area (Å²) in [5.41, 5.74) is 12.1. The molecule has 4 heteroatoms. The molecule has 0 atom stereocenters. The lowest BCUT2D eigenvalue weighted by Crippen LogP contribution is -2.14. The topological polar surface area (TPSA) is 65.9 Å². The predicted octanol–water partition coefficient (Wildman–Crippen LogP) is 2.67. The fourth-order valence-corrected chi connectivity index (χ4v) is 2.81. The van der Waals surface area contributed by atoms with Crippen LogP contribution in [-0.2, 0) is 13.1 Å². The fraction of sp³-hybridized carbons (Fsp3) is 0.250. The number of anilines is 2. The molecule has 2 N–H and O–H groups in total. The van der Waals surface area contributed by atoms with Crippen LogP contribution in [0.3, 0.4) is 0 Å². The summed E-state index contributed by atoms with van der Waals surface area (Å²) in [6, 6.07) is 8.67. The number of hydrogen-bond donors (Lipinski definition) is 1. The Bertz CT molecular complexity index is 708. The zero-order chi connectivity index (χ0) is 14.3. The van der Waals surface area contributed by atoms with Gasteiger partial charge in [0.2, 0.25) is 0 Å². The molecule has 0 saturated heterocycles. The van der Waals surface area contributed by atoms with Crippen molar-refractivity contribution in [1.82, 2.24) is 4.98 Å². The van der Waals surface area contributed by atoms with Crippen molar-refractivity contribution in [2.75, 3.05) is 10.6 Å². The Morgan fingerprint density at radius 3 is 2.55 bits per heavy atom. The van der Waals surface area contributed by atoms with Crippen molar-refractivity contribution in [3.05, 3.63) is 52.2 Å².